The van der Waals surface area contributed by atoms with Gasteiger partial charge in [0.1, 0.15) is 11.3 Å². The highest BCUT2D eigenvalue weighted by Crippen LogP contribution is 2.32. The Morgan fingerprint density at radius 2 is 1.90 bits per heavy atom. The molecule has 0 atom stereocenters. The third-order valence-electron chi connectivity index (χ3n) is 2.50. The number of carbonyl (C=O) groups excluding carboxylic acids is 1. The first-order chi connectivity index (χ1) is 9.79. The number of ether oxygens (including phenoxy) is 1. The number of non-ortho nitro benzene ring substituents is 1. The van der Waals surface area contributed by atoms with E-state index in [2.05, 4.69) is 0 Å². The summed E-state index contributed by atoms with van der Waals surface area (Å²) >= 11 is 0. The van der Waals surface area contributed by atoms with Gasteiger partial charge in [0.25, 0.3) is 11.4 Å². The molecule has 0 spiro atoms. The molecule has 9 heteroatoms. The molecule has 112 valence electrons. The van der Waals surface area contributed by atoms with Gasteiger partial charge in [0.05, 0.1) is 28.1 Å². The molecule has 21 heavy (non-hydrogen) atoms. The Morgan fingerprint density at radius 1 is 1.29 bits per heavy atom. The second-order valence-electron chi connectivity index (χ2n) is 3.90. The number of benzene rings is 1. The summed E-state index contributed by atoms with van der Waals surface area (Å²) in [5.41, 5.74) is -1.81. The smallest absolute Gasteiger partial charge is 0.342 e. The Hall–Kier alpha value is -2.97. The highest BCUT2D eigenvalue weighted by molar-refractivity contribution is 6.18. The minimum atomic E-state index is -0.950. The molecule has 9 nitrogen and oxygen atoms in total. The predicted molar refractivity (Wildman–Crippen MR) is 71.6 cm³/mol. The topological polar surface area (TPSA) is 133 Å². The van der Waals surface area contributed by atoms with Crippen LogP contribution in [0.5, 0.6) is 0 Å². The monoisotopic (exact) mass is 296 g/mol. The van der Waals surface area contributed by atoms with Gasteiger partial charge in [-0.25, -0.2) is 4.79 Å². The lowest BCUT2D eigenvalue weighted by Crippen LogP contribution is -2.10. The fourth-order valence-corrected chi connectivity index (χ4v) is 1.65. The molecule has 0 bridgehead atoms. The fourth-order valence-electron chi connectivity index (χ4n) is 1.65. The zero-order valence-corrected chi connectivity index (χ0v) is 11.2. The number of nitro benzene ring substituents is 2. The summed E-state index contributed by atoms with van der Waals surface area (Å²) in [6, 6.07) is 2.75. The van der Waals surface area contributed by atoms with E-state index in [-0.39, 0.29) is 12.2 Å². The van der Waals surface area contributed by atoms with Crippen LogP contribution in [0.1, 0.15) is 19.4 Å². The molecule has 0 aromatic heterocycles. The zero-order valence-electron chi connectivity index (χ0n) is 11.2. The second kappa shape index (κ2) is 6.46. The lowest BCUT2D eigenvalue weighted by atomic mass is 10.0. The number of allylic oxidation sites excluding steroid dienone is 1. The van der Waals surface area contributed by atoms with Crippen LogP contribution in [0.2, 0.25) is 0 Å². The van der Waals surface area contributed by atoms with Gasteiger partial charge in [-0.3, -0.25) is 20.2 Å². The van der Waals surface area contributed by atoms with Crippen molar-refractivity contribution in [1.29, 1.82) is 0 Å². The number of aliphatic hydroxyl groups is 1. The third-order valence-corrected chi connectivity index (χ3v) is 2.50. The van der Waals surface area contributed by atoms with E-state index in [9.17, 15) is 30.1 Å². The highest BCUT2D eigenvalue weighted by atomic mass is 16.6. The lowest BCUT2D eigenvalue weighted by Gasteiger charge is -2.08. The van der Waals surface area contributed by atoms with Crippen molar-refractivity contribution in [1.82, 2.24) is 0 Å². The van der Waals surface area contributed by atoms with E-state index in [1.54, 1.807) is 0 Å². The van der Waals surface area contributed by atoms with Gasteiger partial charge in [0.15, 0.2) is 0 Å². The standard InChI is InChI=1S/C12H12N2O7/c1-3-21-12(16)11(7(2)15)9-5-4-8(13(17)18)6-10(9)14(19)20/h4-6,15H,3H2,1-2H3/b11-7-. The van der Waals surface area contributed by atoms with Crippen LogP contribution in [0, 0.1) is 20.2 Å². The van der Waals surface area contributed by atoms with Crippen molar-refractivity contribution >= 4 is 22.9 Å². The molecule has 0 saturated carbocycles. The van der Waals surface area contributed by atoms with Crippen molar-refractivity contribution in [3.05, 3.63) is 49.8 Å². The number of hydrogen-bond donors (Lipinski definition) is 1. The van der Waals surface area contributed by atoms with Crippen molar-refractivity contribution in [2.24, 2.45) is 0 Å². The van der Waals surface area contributed by atoms with Crippen LogP contribution in [0.4, 0.5) is 11.4 Å². The van der Waals surface area contributed by atoms with Gasteiger partial charge in [-0.1, -0.05) is 0 Å². The van der Waals surface area contributed by atoms with Crippen LogP contribution in [0.3, 0.4) is 0 Å². The maximum Gasteiger partial charge on any atom is 0.342 e. The molecule has 1 aromatic rings. The van der Waals surface area contributed by atoms with E-state index in [4.69, 9.17) is 4.74 Å². The molecule has 0 radical (unpaired) electrons. The van der Waals surface area contributed by atoms with Gasteiger partial charge < -0.3 is 9.84 Å². The van der Waals surface area contributed by atoms with Crippen molar-refractivity contribution in [2.45, 2.75) is 13.8 Å². The first-order valence-corrected chi connectivity index (χ1v) is 5.79. The summed E-state index contributed by atoms with van der Waals surface area (Å²) in [5.74, 6) is -1.43. The van der Waals surface area contributed by atoms with Crippen molar-refractivity contribution in [3.8, 4) is 0 Å². The van der Waals surface area contributed by atoms with Gasteiger partial charge in [-0.05, 0) is 19.9 Å². The molecule has 1 N–H and O–H groups in total. The van der Waals surface area contributed by atoms with Crippen molar-refractivity contribution < 1.29 is 24.5 Å². The third kappa shape index (κ3) is 3.53. The summed E-state index contributed by atoms with van der Waals surface area (Å²) in [5, 5.41) is 31.3. The average Bonchev–Trinajstić information content (AvgIpc) is 2.38. The molecular formula is C12H12N2O7. The minimum Gasteiger partial charge on any atom is -0.512 e. The van der Waals surface area contributed by atoms with E-state index in [1.807, 2.05) is 0 Å². The van der Waals surface area contributed by atoms with Crippen LogP contribution in [-0.2, 0) is 9.53 Å². The molecular weight excluding hydrogens is 284 g/mol. The van der Waals surface area contributed by atoms with E-state index < -0.39 is 38.5 Å². The quantitative estimate of drug-likeness (QED) is 0.290. The van der Waals surface area contributed by atoms with E-state index in [0.717, 1.165) is 25.1 Å². The number of nitro groups is 2. The summed E-state index contributed by atoms with van der Waals surface area (Å²) in [4.78, 5) is 31.8. The number of hydrogen-bond acceptors (Lipinski definition) is 7. The summed E-state index contributed by atoms with van der Waals surface area (Å²) < 4.78 is 4.72. The zero-order chi connectivity index (χ0) is 16.2. The molecule has 0 fully saturated rings. The SMILES string of the molecule is CCOC(=O)/C(=C(/C)O)c1ccc([N+](=O)[O-])cc1[N+](=O)[O-]. The average molecular weight is 296 g/mol. The Morgan fingerprint density at radius 3 is 2.33 bits per heavy atom. The number of carbonyl (C=O) groups is 1. The van der Waals surface area contributed by atoms with Gasteiger partial charge in [-0.15, -0.1) is 0 Å². The number of esters is 1. The molecule has 0 heterocycles. The number of aliphatic hydroxyl groups excluding tert-OH is 1. The molecule has 1 rings (SSSR count). The lowest BCUT2D eigenvalue weighted by molar-refractivity contribution is -0.394. The molecule has 0 unspecified atom stereocenters. The fraction of sp³-hybridized carbons (Fsp3) is 0.250. The van der Waals surface area contributed by atoms with Crippen LogP contribution < -0.4 is 0 Å². The van der Waals surface area contributed by atoms with E-state index >= 15 is 0 Å². The van der Waals surface area contributed by atoms with Crippen molar-refractivity contribution in [2.75, 3.05) is 6.61 Å². The second-order valence-corrected chi connectivity index (χ2v) is 3.90. The molecule has 1 aromatic carbocycles. The van der Waals surface area contributed by atoms with Gasteiger partial charge in [-0.2, -0.15) is 0 Å². The Labute approximate surface area is 118 Å². The summed E-state index contributed by atoms with van der Waals surface area (Å²) in [7, 11) is 0. The summed E-state index contributed by atoms with van der Waals surface area (Å²) in [6.45, 7) is 2.71. The number of nitrogens with zero attached hydrogens (tertiary/aromatic N) is 2. The first kappa shape index (κ1) is 16.1. The van der Waals surface area contributed by atoms with Crippen LogP contribution in [0.25, 0.3) is 5.57 Å². The Bertz CT molecular complexity index is 632. The highest BCUT2D eigenvalue weighted by Gasteiger charge is 2.27. The van der Waals surface area contributed by atoms with Crippen LogP contribution in [-0.4, -0.2) is 27.5 Å². The minimum absolute atomic E-state index is 0.0103. The molecule has 0 aliphatic rings. The first-order valence-electron chi connectivity index (χ1n) is 5.79. The Balaban J connectivity index is 3.53. The molecule has 0 aliphatic carbocycles. The van der Waals surface area contributed by atoms with Crippen LogP contribution in [0.15, 0.2) is 24.0 Å². The largest absolute Gasteiger partial charge is 0.512 e. The van der Waals surface area contributed by atoms with Gasteiger partial charge >= 0.3 is 5.97 Å². The summed E-state index contributed by atoms with van der Waals surface area (Å²) in [6.07, 6.45) is 0. The maximum atomic E-state index is 11.8. The normalized spacial score (nSPS) is 11.5. The van der Waals surface area contributed by atoms with E-state index in [0.29, 0.717) is 0 Å². The van der Waals surface area contributed by atoms with Crippen LogP contribution >= 0.6 is 0 Å². The van der Waals surface area contributed by atoms with E-state index in [1.165, 1.54) is 6.92 Å². The van der Waals surface area contributed by atoms with Gasteiger partial charge in [0.2, 0.25) is 0 Å². The van der Waals surface area contributed by atoms with Gasteiger partial charge in [0, 0.05) is 6.07 Å². The maximum absolute atomic E-state index is 11.8. The molecule has 0 aliphatic heterocycles. The Kier molecular flexibility index (Phi) is 4.95. The molecule has 0 saturated heterocycles. The predicted octanol–water partition coefficient (Wildman–Crippen LogP) is 2.36. The van der Waals surface area contributed by atoms with Crippen molar-refractivity contribution in [3.63, 3.8) is 0 Å². The number of rotatable bonds is 5. The molecule has 0 amide bonds.